The first-order chi connectivity index (χ1) is 14.3. The molecule has 9 heteroatoms. The summed E-state index contributed by atoms with van der Waals surface area (Å²) >= 11 is 0. The van der Waals surface area contributed by atoms with Gasteiger partial charge in [-0.15, -0.1) is 0 Å². The fourth-order valence-electron chi connectivity index (χ4n) is 3.76. The number of carbonyl (C=O) groups is 4. The Hall–Kier alpha value is -3.41. The van der Waals surface area contributed by atoms with Gasteiger partial charge in [0.05, 0.1) is 11.6 Å². The molecule has 2 aliphatic rings. The molecule has 0 radical (unpaired) electrons. The standard InChI is InChI=1S/C21H24N4O5/c1-14(18(27)23-16-8-6-15(13-22)7-9-16)30-17(26)5-4-12-25-19(28)21(24-20(25)29)10-2-3-11-21/h6-9,14H,2-5,10-12H2,1H3,(H,23,27)(H,24,29)/t14-/m0/s1. The van der Waals surface area contributed by atoms with Crippen LogP contribution in [-0.4, -0.2) is 46.9 Å². The number of amides is 4. The van der Waals surface area contributed by atoms with E-state index in [0.717, 1.165) is 12.8 Å². The van der Waals surface area contributed by atoms with Crippen molar-refractivity contribution in [3.8, 4) is 6.07 Å². The van der Waals surface area contributed by atoms with Crippen molar-refractivity contribution < 1.29 is 23.9 Å². The molecule has 1 aromatic carbocycles. The molecule has 1 saturated heterocycles. The van der Waals surface area contributed by atoms with E-state index in [4.69, 9.17) is 10.00 Å². The van der Waals surface area contributed by atoms with E-state index in [1.54, 1.807) is 24.3 Å². The highest BCUT2D eigenvalue weighted by Gasteiger charge is 2.52. The van der Waals surface area contributed by atoms with Gasteiger partial charge in [0, 0.05) is 18.7 Å². The number of urea groups is 1. The number of esters is 1. The summed E-state index contributed by atoms with van der Waals surface area (Å²) in [6.07, 6.45) is 2.37. The number of rotatable bonds is 7. The van der Waals surface area contributed by atoms with E-state index >= 15 is 0 Å². The van der Waals surface area contributed by atoms with Crippen LogP contribution >= 0.6 is 0 Å². The molecule has 158 valence electrons. The second kappa shape index (κ2) is 8.95. The summed E-state index contributed by atoms with van der Waals surface area (Å²) in [6, 6.07) is 7.87. The van der Waals surface area contributed by atoms with Gasteiger partial charge < -0.3 is 15.4 Å². The lowest BCUT2D eigenvalue weighted by Gasteiger charge is -2.20. The molecule has 4 amide bonds. The van der Waals surface area contributed by atoms with Gasteiger partial charge in [-0.25, -0.2) is 4.79 Å². The summed E-state index contributed by atoms with van der Waals surface area (Å²) in [7, 11) is 0. The third-order valence-corrected chi connectivity index (χ3v) is 5.42. The number of benzene rings is 1. The highest BCUT2D eigenvalue weighted by Crippen LogP contribution is 2.35. The predicted octanol–water partition coefficient (Wildman–Crippen LogP) is 2.07. The number of nitriles is 1. The third-order valence-electron chi connectivity index (χ3n) is 5.42. The zero-order valence-electron chi connectivity index (χ0n) is 16.8. The highest BCUT2D eigenvalue weighted by atomic mass is 16.5. The Morgan fingerprint density at radius 3 is 2.57 bits per heavy atom. The maximum Gasteiger partial charge on any atom is 0.325 e. The zero-order valence-corrected chi connectivity index (χ0v) is 16.8. The Labute approximate surface area is 174 Å². The van der Waals surface area contributed by atoms with Crippen molar-refractivity contribution in [1.29, 1.82) is 5.26 Å². The number of nitrogens with zero attached hydrogens (tertiary/aromatic N) is 2. The first-order valence-corrected chi connectivity index (χ1v) is 9.99. The lowest BCUT2D eigenvalue weighted by atomic mass is 9.98. The van der Waals surface area contributed by atoms with E-state index in [2.05, 4.69) is 10.6 Å². The molecule has 1 heterocycles. The third kappa shape index (κ3) is 4.59. The molecule has 30 heavy (non-hydrogen) atoms. The molecular weight excluding hydrogens is 388 g/mol. The lowest BCUT2D eigenvalue weighted by Crippen LogP contribution is -2.44. The van der Waals surface area contributed by atoms with Crippen molar-refractivity contribution in [2.75, 3.05) is 11.9 Å². The summed E-state index contributed by atoms with van der Waals surface area (Å²) in [5, 5.41) is 14.2. The Kier molecular flexibility index (Phi) is 6.35. The van der Waals surface area contributed by atoms with Crippen LogP contribution in [0.5, 0.6) is 0 Å². The molecule has 2 fully saturated rings. The highest BCUT2D eigenvalue weighted by molar-refractivity contribution is 6.07. The first-order valence-electron chi connectivity index (χ1n) is 9.99. The Morgan fingerprint density at radius 2 is 1.93 bits per heavy atom. The quantitative estimate of drug-likeness (QED) is 0.521. The van der Waals surface area contributed by atoms with Gasteiger partial charge in [-0.2, -0.15) is 5.26 Å². The Morgan fingerprint density at radius 1 is 1.27 bits per heavy atom. The molecular formula is C21H24N4O5. The minimum Gasteiger partial charge on any atom is -0.453 e. The van der Waals surface area contributed by atoms with Crippen molar-refractivity contribution in [3.63, 3.8) is 0 Å². The molecule has 0 unspecified atom stereocenters. The van der Waals surface area contributed by atoms with Gasteiger partial charge in [0.15, 0.2) is 6.10 Å². The van der Waals surface area contributed by atoms with Crippen LogP contribution in [0.4, 0.5) is 10.5 Å². The lowest BCUT2D eigenvalue weighted by molar-refractivity contribution is -0.153. The van der Waals surface area contributed by atoms with Gasteiger partial charge in [-0.1, -0.05) is 12.8 Å². The molecule has 0 bridgehead atoms. The molecule has 3 rings (SSSR count). The Bertz CT molecular complexity index is 884. The molecule has 1 aliphatic carbocycles. The van der Waals surface area contributed by atoms with Crippen LogP contribution in [0.2, 0.25) is 0 Å². The van der Waals surface area contributed by atoms with E-state index in [0.29, 0.717) is 24.1 Å². The fourth-order valence-corrected chi connectivity index (χ4v) is 3.76. The maximum absolute atomic E-state index is 12.6. The second-order valence-electron chi connectivity index (χ2n) is 7.59. The van der Waals surface area contributed by atoms with Gasteiger partial charge in [0.25, 0.3) is 11.8 Å². The topological polar surface area (TPSA) is 129 Å². The molecule has 1 atom stereocenters. The van der Waals surface area contributed by atoms with Crippen LogP contribution in [0.25, 0.3) is 0 Å². The monoisotopic (exact) mass is 412 g/mol. The van der Waals surface area contributed by atoms with Gasteiger partial charge in [-0.3, -0.25) is 19.3 Å². The summed E-state index contributed by atoms with van der Waals surface area (Å²) < 4.78 is 5.13. The van der Waals surface area contributed by atoms with E-state index in [9.17, 15) is 19.2 Å². The average molecular weight is 412 g/mol. The number of hydrogen-bond donors (Lipinski definition) is 2. The van der Waals surface area contributed by atoms with Gasteiger partial charge in [-0.05, 0) is 50.5 Å². The SMILES string of the molecule is C[C@H](OC(=O)CCCN1C(=O)NC2(CCCC2)C1=O)C(=O)Nc1ccc(C#N)cc1. The minimum atomic E-state index is -1.01. The summed E-state index contributed by atoms with van der Waals surface area (Å²) in [6.45, 7) is 1.59. The number of anilines is 1. The minimum absolute atomic E-state index is 0.0153. The zero-order chi connectivity index (χ0) is 21.7. The summed E-state index contributed by atoms with van der Waals surface area (Å²) in [5.74, 6) is -1.29. The number of hydrogen-bond acceptors (Lipinski definition) is 6. The van der Waals surface area contributed by atoms with Crippen molar-refractivity contribution in [1.82, 2.24) is 10.2 Å². The van der Waals surface area contributed by atoms with Crippen molar-refractivity contribution in [2.24, 2.45) is 0 Å². The van der Waals surface area contributed by atoms with Crippen LogP contribution in [0.15, 0.2) is 24.3 Å². The number of carbonyl (C=O) groups excluding carboxylic acids is 4. The molecule has 0 aromatic heterocycles. The molecule has 2 N–H and O–H groups in total. The molecule has 1 aromatic rings. The number of ether oxygens (including phenoxy) is 1. The van der Waals surface area contributed by atoms with Crippen LogP contribution in [-0.2, 0) is 19.1 Å². The second-order valence-corrected chi connectivity index (χ2v) is 7.59. The molecule has 1 saturated carbocycles. The van der Waals surface area contributed by atoms with Crippen LogP contribution < -0.4 is 10.6 Å². The summed E-state index contributed by atoms with van der Waals surface area (Å²) in [4.78, 5) is 50.0. The van der Waals surface area contributed by atoms with E-state index < -0.39 is 29.6 Å². The average Bonchev–Trinajstić information content (AvgIpc) is 3.28. The van der Waals surface area contributed by atoms with Crippen molar-refractivity contribution >= 4 is 29.5 Å². The number of nitrogens with one attached hydrogen (secondary N) is 2. The van der Waals surface area contributed by atoms with Gasteiger partial charge in [0.1, 0.15) is 5.54 Å². The van der Waals surface area contributed by atoms with Crippen molar-refractivity contribution in [2.45, 2.75) is 57.1 Å². The first kappa shape index (κ1) is 21.3. The maximum atomic E-state index is 12.6. The predicted molar refractivity (Wildman–Crippen MR) is 106 cm³/mol. The van der Waals surface area contributed by atoms with Crippen molar-refractivity contribution in [3.05, 3.63) is 29.8 Å². The summed E-state index contributed by atoms with van der Waals surface area (Å²) in [5.41, 5.74) is 0.202. The van der Waals surface area contributed by atoms with Crippen LogP contribution in [0.3, 0.4) is 0 Å². The smallest absolute Gasteiger partial charge is 0.325 e. The normalized spacial score (nSPS) is 18.1. The van der Waals surface area contributed by atoms with E-state index in [1.165, 1.54) is 11.8 Å². The van der Waals surface area contributed by atoms with Crippen LogP contribution in [0.1, 0.15) is 51.0 Å². The Balaban J connectivity index is 1.41. The molecule has 1 aliphatic heterocycles. The van der Waals surface area contributed by atoms with Gasteiger partial charge in [0.2, 0.25) is 0 Å². The van der Waals surface area contributed by atoms with Crippen LogP contribution in [0, 0.1) is 11.3 Å². The van der Waals surface area contributed by atoms with E-state index in [-0.39, 0.29) is 25.3 Å². The number of imide groups is 1. The molecule has 1 spiro atoms. The van der Waals surface area contributed by atoms with E-state index in [1.807, 2.05) is 6.07 Å². The largest absolute Gasteiger partial charge is 0.453 e. The molecule has 9 nitrogen and oxygen atoms in total. The fraction of sp³-hybridized carbons (Fsp3) is 0.476. The van der Waals surface area contributed by atoms with Gasteiger partial charge >= 0.3 is 12.0 Å².